The SMILES string of the molecule is Cn1nnc(Br)c1C(O)C1(O)CCCCCC1. The number of aromatic nitrogens is 3. The van der Waals surface area contributed by atoms with Gasteiger partial charge in [-0.3, -0.25) is 0 Å². The Labute approximate surface area is 109 Å². The van der Waals surface area contributed by atoms with Gasteiger partial charge in [-0.05, 0) is 28.8 Å². The Morgan fingerprint density at radius 2 is 1.88 bits per heavy atom. The van der Waals surface area contributed by atoms with Gasteiger partial charge in [-0.2, -0.15) is 0 Å². The van der Waals surface area contributed by atoms with Crippen LogP contribution in [0.5, 0.6) is 0 Å². The van der Waals surface area contributed by atoms with Crippen molar-refractivity contribution in [2.24, 2.45) is 7.05 Å². The Balaban J connectivity index is 2.26. The van der Waals surface area contributed by atoms with Crippen LogP contribution in [0.4, 0.5) is 0 Å². The second-order valence-corrected chi connectivity index (χ2v) is 5.56. The molecule has 1 aliphatic carbocycles. The van der Waals surface area contributed by atoms with Gasteiger partial charge < -0.3 is 10.2 Å². The van der Waals surface area contributed by atoms with Crippen LogP contribution < -0.4 is 0 Å². The minimum atomic E-state index is -1.05. The first-order chi connectivity index (χ1) is 8.04. The second kappa shape index (κ2) is 5.04. The van der Waals surface area contributed by atoms with Crippen molar-refractivity contribution < 1.29 is 10.2 Å². The summed E-state index contributed by atoms with van der Waals surface area (Å²) in [5.74, 6) is 0. The normalized spacial score (nSPS) is 22.1. The predicted octanol–water partition coefficient (Wildman–Crippen LogP) is 1.70. The molecule has 0 amide bonds. The van der Waals surface area contributed by atoms with E-state index >= 15 is 0 Å². The summed E-state index contributed by atoms with van der Waals surface area (Å²) in [6.07, 6.45) is 4.49. The molecular formula is C11H18BrN3O2. The standard InChI is InChI=1S/C11H18BrN3O2/c1-15-8(10(12)13-14-15)9(16)11(17)6-4-2-3-5-7-11/h9,16-17H,2-7H2,1H3. The van der Waals surface area contributed by atoms with Crippen molar-refractivity contribution >= 4 is 15.9 Å². The number of aliphatic hydroxyl groups excluding tert-OH is 1. The molecule has 1 saturated carbocycles. The number of nitrogens with zero attached hydrogens (tertiary/aromatic N) is 3. The third-order valence-corrected chi connectivity index (χ3v) is 4.13. The maximum absolute atomic E-state index is 10.6. The summed E-state index contributed by atoms with van der Waals surface area (Å²) in [5.41, 5.74) is -0.497. The lowest BCUT2D eigenvalue weighted by atomic mass is 9.87. The van der Waals surface area contributed by atoms with Crippen LogP contribution in [0.1, 0.15) is 50.3 Å². The minimum absolute atomic E-state index is 0.505. The Kier molecular flexibility index (Phi) is 3.85. The monoisotopic (exact) mass is 303 g/mol. The topological polar surface area (TPSA) is 71.2 Å². The van der Waals surface area contributed by atoms with Crippen LogP contribution in [0.25, 0.3) is 0 Å². The zero-order valence-corrected chi connectivity index (χ0v) is 11.5. The molecule has 0 aliphatic heterocycles. The minimum Gasteiger partial charge on any atom is -0.387 e. The summed E-state index contributed by atoms with van der Waals surface area (Å²) in [5, 5.41) is 28.7. The summed E-state index contributed by atoms with van der Waals surface area (Å²) >= 11 is 3.26. The lowest BCUT2D eigenvalue weighted by Crippen LogP contribution is -2.37. The van der Waals surface area contributed by atoms with Crippen LogP contribution in [0.3, 0.4) is 0 Å². The molecule has 0 aromatic carbocycles. The average Bonchev–Trinajstić information content (AvgIpc) is 2.52. The first-order valence-corrected chi connectivity index (χ1v) is 6.79. The maximum atomic E-state index is 10.6. The highest BCUT2D eigenvalue weighted by atomic mass is 79.9. The molecule has 1 fully saturated rings. The molecule has 96 valence electrons. The van der Waals surface area contributed by atoms with E-state index in [-0.39, 0.29) is 0 Å². The molecule has 1 atom stereocenters. The van der Waals surface area contributed by atoms with Gasteiger partial charge in [-0.25, -0.2) is 4.68 Å². The molecular weight excluding hydrogens is 286 g/mol. The van der Waals surface area contributed by atoms with Crippen LogP contribution in [0.2, 0.25) is 0 Å². The zero-order chi connectivity index (χ0) is 12.5. The van der Waals surface area contributed by atoms with Gasteiger partial charge >= 0.3 is 0 Å². The Bertz CT molecular complexity index is 367. The largest absolute Gasteiger partial charge is 0.387 e. The number of hydrogen-bond donors (Lipinski definition) is 2. The van der Waals surface area contributed by atoms with Gasteiger partial charge in [0.15, 0.2) is 4.60 Å². The number of aliphatic hydroxyl groups is 2. The van der Waals surface area contributed by atoms with E-state index < -0.39 is 11.7 Å². The summed E-state index contributed by atoms with van der Waals surface area (Å²) in [4.78, 5) is 0. The van der Waals surface area contributed by atoms with Crippen molar-refractivity contribution in [3.8, 4) is 0 Å². The van der Waals surface area contributed by atoms with Gasteiger partial charge in [0, 0.05) is 7.05 Å². The van der Waals surface area contributed by atoms with Crippen molar-refractivity contribution in [3.05, 3.63) is 10.3 Å². The average molecular weight is 304 g/mol. The number of aryl methyl sites for hydroxylation is 1. The van der Waals surface area contributed by atoms with Crippen LogP contribution in [-0.4, -0.2) is 30.8 Å². The molecule has 5 nitrogen and oxygen atoms in total. The molecule has 1 aliphatic rings. The fraction of sp³-hybridized carbons (Fsp3) is 0.818. The van der Waals surface area contributed by atoms with Gasteiger partial charge in [-0.1, -0.05) is 30.9 Å². The molecule has 17 heavy (non-hydrogen) atoms. The van der Waals surface area contributed by atoms with Crippen LogP contribution in [0.15, 0.2) is 4.60 Å². The van der Waals surface area contributed by atoms with E-state index in [1.54, 1.807) is 7.05 Å². The number of rotatable bonds is 2. The lowest BCUT2D eigenvalue weighted by Gasteiger charge is -2.31. The maximum Gasteiger partial charge on any atom is 0.154 e. The van der Waals surface area contributed by atoms with E-state index in [0.29, 0.717) is 23.1 Å². The van der Waals surface area contributed by atoms with Crippen molar-refractivity contribution in [2.75, 3.05) is 0 Å². The fourth-order valence-corrected chi connectivity index (χ4v) is 3.04. The van der Waals surface area contributed by atoms with Crippen molar-refractivity contribution in [3.63, 3.8) is 0 Å². The summed E-state index contributed by atoms with van der Waals surface area (Å²) in [7, 11) is 1.72. The van der Waals surface area contributed by atoms with Crippen molar-refractivity contribution in [1.82, 2.24) is 15.0 Å². The van der Waals surface area contributed by atoms with Gasteiger partial charge in [0.1, 0.15) is 11.8 Å². The van der Waals surface area contributed by atoms with Gasteiger partial charge in [0.2, 0.25) is 0 Å². The first-order valence-electron chi connectivity index (χ1n) is 6.00. The first kappa shape index (κ1) is 13.0. The van der Waals surface area contributed by atoms with E-state index in [1.165, 1.54) is 4.68 Å². The summed E-state index contributed by atoms with van der Waals surface area (Å²) < 4.78 is 2.02. The van der Waals surface area contributed by atoms with E-state index in [1.807, 2.05) is 0 Å². The fourth-order valence-electron chi connectivity index (χ4n) is 2.50. The third-order valence-electron chi connectivity index (χ3n) is 3.56. The van der Waals surface area contributed by atoms with Gasteiger partial charge in [0.25, 0.3) is 0 Å². The van der Waals surface area contributed by atoms with E-state index in [2.05, 4.69) is 26.2 Å². The summed E-state index contributed by atoms with van der Waals surface area (Å²) in [6.45, 7) is 0. The molecule has 2 rings (SSSR count). The Morgan fingerprint density at radius 3 is 2.35 bits per heavy atom. The third kappa shape index (κ3) is 2.53. The van der Waals surface area contributed by atoms with E-state index in [9.17, 15) is 10.2 Å². The number of hydrogen-bond acceptors (Lipinski definition) is 4. The predicted molar refractivity (Wildman–Crippen MR) is 66.3 cm³/mol. The molecule has 1 unspecified atom stereocenters. The number of halogens is 1. The highest BCUT2D eigenvalue weighted by Crippen LogP contribution is 2.38. The van der Waals surface area contributed by atoms with Crippen LogP contribution in [-0.2, 0) is 7.05 Å². The second-order valence-electron chi connectivity index (χ2n) is 4.81. The lowest BCUT2D eigenvalue weighted by molar-refractivity contribution is -0.0902. The smallest absolute Gasteiger partial charge is 0.154 e. The Morgan fingerprint density at radius 1 is 1.29 bits per heavy atom. The quantitative estimate of drug-likeness (QED) is 0.816. The molecule has 0 saturated heterocycles. The Hall–Kier alpha value is -0.460. The van der Waals surface area contributed by atoms with E-state index in [4.69, 9.17) is 0 Å². The van der Waals surface area contributed by atoms with Gasteiger partial charge in [-0.15, -0.1) is 5.10 Å². The van der Waals surface area contributed by atoms with Crippen LogP contribution in [0, 0.1) is 0 Å². The molecule has 0 radical (unpaired) electrons. The molecule has 1 aromatic rings. The van der Waals surface area contributed by atoms with E-state index in [0.717, 1.165) is 25.7 Å². The molecule has 1 aromatic heterocycles. The highest BCUT2D eigenvalue weighted by molar-refractivity contribution is 9.10. The van der Waals surface area contributed by atoms with Crippen molar-refractivity contribution in [1.29, 1.82) is 0 Å². The molecule has 0 spiro atoms. The van der Waals surface area contributed by atoms with Crippen molar-refractivity contribution in [2.45, 2.75) is 50.2 Å². The molecule has 1 heterocycles. The zero-order valence-electron chi connectivity index (χ0n) is 9.93. The molecule has 6 heteroatoms. The molecule has 0 bridgehead atoms. The van der Waals surface area contributed by atoms with Gasteiger partial charge in [0.05, 0.1) is 5.60 Å². The van der Waals surface area contributed by atoms with Crippen LogP contribution >= 0.6 is 15.9 Å². The molecule has 2 N–H and O–H groups in total. The summed E-state index contributed by atoms with van der Waals surface area (Å²) in [6, 6.07) is 0. The highest BCUT2D eigenvalue weighted by Gasteiger charge is 2.39.